The topological polar surface area (TPSA) is 32.3 Å². The average Bonchev–Trinajstić information content (AvgIpc) is 2.45. The van der Waals surface area contributed by atoms with Crippen LogP contribution in [0.25, 0.3) is 0 Å². The van der Waals surface area contributed by atoms with Crippen LogP contribution in [0.3, 0.4) is 0 Å². The van der Waals surface area contributed by atoms with Gasteiger partial charge in [-0.15, -0.1) is 0 Å². The van der Waals surface area contributed by atoms with Crippen LogP contribution < -0.4 is 5.32 Å². The molecule has 0 bridgehead atoms. The van der Waals surface area contributed by atoms with Crippen LogP contribution in [-0.2, 0) is 4.79 Å². The highest BCUT2D eigenvalue weighted by Gasteiger charge is 2.24. The fraction of sp³-hybridized carbons (Fsp3) is 0.562. The lowest BCUT2D eigenvalue weighted by molar-refractivity contribution is -0.128. The van der Waals surface area contributed by atoms with Crippen molar-refractivity contribution in [1.82, 2.24) is 10.2 Å². The van der Waals surface area contributed by atoms with Crippen LogP contribution in [0.5, 0.6) is 0 Å². The molecule has 1 aromatic rings. The predicted octanol–water partition coefficient (Wildman–Crippen LogP) is 2.69. The maximum atomic E-state index is 11.9. The molecule has 0 aromatic heterocycles. The lowest BCUT2D eigenvalue weighted by Crippen LogP contribution is -2.38. The van der Waals surface area contributed by atoms with Gasteiger partial charge in [0, 0.05) is 19.6 Å². The largest absolute Gasteiger partial charge is 0.345 e. The number of hydrogen-bond donors (Lipinski definition) is 1. The number of carbonyl (C=O) groups is 1. The van der Waals surface area contributed by atoms with Crippen LogP contribution in [0.1, 0.15) is 49.8 Å². The molecule has 2 rings (SSSR count). The van der Waals surface area contributed by atoms with Gasteiger partial charge in [-0.05, 0) is 36.8 Å². The maximum absolute atomic E-state index is 11.9. The molecular formula is C16H24N2O. The highest BCUT2D eigenvalue weighted by Crippen LogP contribution is 2.36. The summed E-state index contributed by atoms with van der Waals surface area (Å²) in [5, 5.41) is 3.42. The summed E-state index contributed by atoms with van der Waals surface area (Å²) in [6.07, 6.45) is 2.30. The van der Waals surface area contributed by atoms with Gasteiger partial charge >= 0.3 is 0 Å². The van der Waals surface area contributed by atoms with Gasteiger partial charge in [-0.3, -0.25) is 4.79 Å². The van der Waals surface area contributed by atoms with Crippen LogP contribution >= 0.6 is 0 Å². The lowest BCUT2D eigenvalue weighted by atomic mass is 9.81. The van der Waals surface area contributed by atoms with E-state index in [4.69, 9.17) is 0 Å². The molecule has 19 heavy (non-hydrogen) atoms. The van der Waals surface area contributed by atoms with Crippen molar-refractivity contribution in [3.05, 3.63) is 35.4 Å². The molecular weight excluding hydrogens is 236 g/mol. The van der Waals surface area contributed by atoms with Gasteiger partial charge in [0.05, 0.1) is 6.54 Å². The Morgan fingerprint density at radius 2 is 2.00 bits per heavy atom. The van der Waals surface area contributed by atoms with Crippen molar-refractivity contribution in [2.24, 2.45) is 0 Å². The van der Waals surface area contributed by atoms with E-state index in [2.05, 4.69) is 36.5 Å². The van der Waals surface area contributed by atoms with Gasteiger partial charge in [0.25, 0.3) is 0 Å². The van der Waals surface area contributed by atoms with Crippen molar-refractivity contribution in [2.75, 3.05) is 20.1 Å². The van der Waals surface area contributed by atoms with E-state index < -0.39 is 0 Å². The zero-order chi connectivity index (χ0) is 13.8. The third-order valence-corrected chi connectivity index (χ3v) is 4.19. The van der Waals surface area contributed by atoms with Gasteiger partial charge in [-0.1, -0.05) is 31.2 Å². The molecule has 0 radical (unpaired) electrons. The van der Waals surface area contributed by atoms with Gasteiger partial charge in [0.15, 0.2) is 0 Å². The zero-order valence-electron chi connectivity index (χ0n) is 12.1. The third kappa shape index (κ3) is 3.16. The summed E-state index contributed by atoms with van der Waals surface area (Å²) in [5.74, 6) is 0.793. The number of amides is 1. The molecule has 0 fully saturated rings. The number of rotatable bonds is 4. The van der Waals surface area contributed by atoms with E-state index >= 15 is 0 Å². The molecule has 0 saturated heterocycles. The molecule has 2 unspecified atom stereocenters. The Hall–Kier alpha value is -1.35. The Bertz CT molecular complexity index is 444. The van der Waals surface area contributed by atoms with Crippen molar-refractivity contribution >= 4 is 5.91 Å². The summed E-state index contributed by atoms with van der Waals surface area (Å²) >= 11 is 0. The van der Waals surface area contributed by atoms with Crippen LogP contribution in [0, 0.1) is 0 Å². The predicted molar refractivity (Wildman–Crippen MR) is 78.1 cm³/mol. The van der Waals surface area contributed by atoms with E-state index in [0.717, 1.165) is 13.0 Å². The van der Waals surface area contributed by atoms with E-state index in [1.807, 2.05) is 14.0 Å². The SMILES string of the molecule is CCN(C)C(=O)CNC1CCC(C)c2ccccc21. The molecule has 0 aliphatic heterocycles. The van der Waals surface area contributed by atoms with E-state index in [-0.39, 0.29) is 5.91 Å². The summed E-state index contributed by atoms with van der Waals surface area (Å²) in [6.45, 7) is 5.47. The summed E-state index contributed by atoms with van der Waals surface area (Å²) in [5.41, 5.74) is 2.80. The van der Waals surface area contributed by atoms with Crippen LogP contribution in [-0.4, -0.2) is 30.9 Å². The number of fused-ring (bicyclic) bond motifs is 1. The van der Waals surface area contributed by atoms with Gasteiger partial charge < -0.3 is 10.2 Å². The fourth-order valence-electron chi connectivity index (χ4n) is 2.74. The molecule has 0 spiro atoms. The molecule has 3 nitrogen and oxygen atoms in total. The number of nitrogens with zero attached hydrogens (tertiary/aromatic N) is 1. The zero-order valence-corrected chi connectivity index (χ0v) is 12.1. The quantitative estimate of drug-likeness (QED) is 0.902. The lowest BCUT2D eigenvalue weighted by Gasteiger charge is -2.30. The van der Waals surface area contributed by atoms with Crippen molar-refractivity contribution in [1.29, 1.82) is 0 Å². The van der Waals surface area contributed by atoms with Crippen LogP contribution in [0.2, 0.25) is 0 Å². The minimum atomic E-state index is 0.165. The first-order valence-corrected chi connectivity index (χ1v) is 7.19. The Morgan fingerprint density at radius 3 is 2.68 bits per heavy atom. The highest BCUT2D eigenvalue weighted by molar-refractivity contribution is 5.77. The molecule has 1 amide bonds. The monoisotopic (exact) mass is 260 g/mol. The molecule has 1 aromatic carbocycles. The summed E-state index contributed by atoms with van der Waals surface area (Å²) in [7, 11) is 1.85. The molecule has 0 saturated carbocycles. The first kappa shape index (κ1) is 14.1. The van der Waals surface area contributed by atoms with E-state index in [0.29, 0.717) is 18.5 Å². The molecule has 1 N–H and O–H groups in total. The van der Waals surface area contributed by atoms with E-state index in [9.17, 15) is 4.79 Å². The summed E-state index contributed by atoms with van der Waals surface area (Å²) in [6, 6.07) is 8.92. The molecule has 2 atom stereocenters. The first-order chi connectivity index (χ1) is 9.13. The smallest absolute Gasteiger partial charge is 0.236 e. The van der Waals surface area contributed by atoms with Crippen LogP contribution in [0.4, 0.5) is 0 Å². The number of nitrogens with one attached hydrogen (secondary N) is 1. The van der Waals surface area contributed by atoms with Crippen molar-refractivity contribution in [2.45, 2.75) is 38.6 Å². The normalized spacial score (nSPS) is 21.8. The highest BCUT2D eigenvalue weighted by atomic mass is 16.2. The van der Waals surface area contributed by atoms with Gasteiger partial charge in [-0.2, -0.15) is 0 Å². The Kier molecular flexibility index (Phi) is 4.59. The Balaban J connectivity index is 2.03. The molecule has 0 heterocycles. The summed E-state index contributed by atoms with van der Waals surface area (Å²) < 4.78 is 0. The van der Waals surface area contributed by atoms with E-state index in [1.54, 1.807) is 4.90 Å². The molecule has 3 heteroatoms. The van der Waals surface area contributed by atoms with Crippen LogP contribution in [0.15, 0.2) is 24.3 Å². The minimum Gasteiger partial charge on any atom is -0.345 e. The molecule has 1 aliphatic carbocycles. The Labute approximate surface area is 116 Å². The van der Waals surface area contributed by atoms with Gasteiger partial charge in [0.2, 0.25) is 5.91 Å². The second-order valence-corrected chi connectivity index (χ2v) is 5.45. The van der Waals surface area contributed by atoms with Crippen molar-refractivity contribution < 1.29 is 4.79 Å². The minimum absolute atomic E-state index is 0.165. The van der Waals surface area contributed by atoms with Gasteiger partial charge in [-0.25, -0.2) is 0 Å². The molecule has 104 valence electrons. The maximum Gasteiger partial charge on any atom is 0.236 e. The number of likely N-dealkylation sites (N-methyl/N-ethyl adjacent to an activating group) is 1. The fourth-order valence-corrected chi connectivity index (χ4v) is 2.74. The Morgan fingerprint density at radius 1 is 1.32 bits per heavy atom. The first-order valence-electron chi connectivity index (χ1n) is 7.19. The number of carbonyl (C=O) groups excluding carboxylic acids is 1. The second kappa shape index (κ2) is 6.20. The summed E-state index contributed by atoms with van der Waals surface area (Å²) in [4.78, 5) is 13.6. The van der Waals surface area contributed by atoms with Crippen molar-refractivity contribution in [3.63, 3.8) is 0 Å². The number of hydrogen-bond acceptors (Lipinski definition) is 2. The second-order valence-electron chi connectivity index (χ2n) is 5.45. The third-order valence-electron chi connectivity index (χ3n) is 4.19. The number of benzene rings is 1. The van der Waals surface area contributed by atoms with E-state index in [1.165, 1.54) is 17.5 Å². The van der Waals surface area contributed by atoms with Gasteiger partial charge in [0.1, 0.15) is 0 Å². The standard InChI is InChI=1S/C16H24N2O/c1-4-18(3)16(19)11-17-15-10-9-12(2)13-7-5-6-8-14(13)15/h5-8,12,15,17H,4,9-11H2,1-3H3. The van der Waals surface area contributed by atoms with Crippen molar-refractivity contribution in [3.8, 4) is 0 Å². The molecule has 1 aliphatic rings. The average molecular weight is 260 g/mol.